The van der Waals surface area contributed by atoms with E-state index in [-0.39, 0.29) is 23.2 Å². The summed E-state index contributed by atoms with van der Waals surface area (Å²) in [5, 5.41) is 8.64. The minimum absolute atomic E-state index is 0.163. The fourth-order valence-electron chi connectivity index (χ4n) is 1.37. The number of aromatic nitrogens is 2. The Balaban J connectivity index is 2.07. The number of thiophene rings is 1. The predicted octanol–water partition coefficient (Wildman–Crippen LogP) is 1.98. The standard InChI is InChI=1S/C11H10ClN3O2S/c1-6(8-3-4-9(12)18-8)13-11(17)7-2-5-10(16)15-14-7/h2-6H,1H3,(H,13,17)(H,15,16)/t6-/m1/s1. The highest BCUT2D eigenvalue weighted by atomic mass is 35.5. The lowest BCUT2D eigenvalue weighted by molar-refractivity contribution is 0.0934. The van der Waals surface area contributed by atoms with E-state index in [4.69, 9.17) is 11.6 Å². The van der Waals surface area contributed by atoms with Crippen molar-refractivity contribution in [2.75, 3.05) is 0 Å². The largest absolute Gasteiger partial charge is 0.343 e. The Morgan fingerprint density at radius 2 is 2.22 bits per heavy atom. The third-order valence-electron chi connectivity index (χ3n) is 2.28. The molecule has 0 fully saturated rings. The third-order valence-corrected chi connectivity index (χ3v) is 3.69. The average molecular weight is 284 g/mol. The Labute approximate surface area is 112 Å². The van der Waals surface area contributed by atoms with Gasteiger partial charge >= 0.3 is 0 Å². The molecule has 0 saturated carbocycles. The van der Waals surface area contributed by atoms with Gasteiger partial charge in [0.2, 0.25) is 0 Å². The highest BCUT2D eigenvalue weighted by molar-refractivity contribution is 7.16. The van der Waals surface area contributed by atoms with Crippen LogP contribution >= 0.6 is 22.9 Å². The number of halogens is 1. The molecule has 2 N–H and O–H groups in total. The molecule has 18 heavy (non-hydrogen) atoms. The van der Waals surface area contributed by atoms with Gasteiger partial charge < -0.3 is 5.32 Å². The van der Waals surface area contributed by atoms with Gasteiger partial charge in [-0.25, -0.2) is 5.10 Å². The van der Waals surface area contributed by atoms with Crippen LogP contribution in [-0.2, 0) is 0 Å². The fraction of sp³-hybridized carbons (Fsp3) is 0.182. The molecule has 0 aliphatic carbocycles. The van der Waals surface area contributed by atoms with Crippen molar-refractivity contribution in [2.24, 2.45) is 0 Å². The summed E-state index contributed by atoms with van der Waals surface area (Å²) in [6.45, 7) is 1.85. The van der Waals surface area contributed by atoms with Crippen molar-refractivity contribution in [3.8, 4) is 0 Å². The van der Waals surface area contributed by atoms with E-state index in [1.807, 2.05) is 13.0 Å². The summed E-state index contributed by atoms with van der Waals surface area (Å²) in [6.07, 6.45) is 0. The normalized spacial score (nSPS) is 12.1. The van der Waals surface area contributed by atoms with Crippen LogP contribution in [0.3, 0.4) is 0 Å². The molecule has 2 rings (SSSR count). The van der Waals surface area contributed by atoms with Gasteiger partial charge in [-0.05, 0) is 25.1 Å². The van der Waals surface area contributed by atoms with Gasteiger partial charge in [0, 0.05) is 10.9 Å². The van der Waals surface area contributed by atoms with Crippen molar-refractivity contribution >= 4 is 28.8 Å². The number of hydrogen-bond acceptors (Lipinski definition) is 4. The summed E-state index contributed by atoms with van der Waals surface area (Å²) in [4.78, 5) is 23.6. The molecule has 0 saturated heterocycles. The van der Waals surface area contributed by atoms with Gasteiger partial charge in [0.25, 0.3) is 11.5 Å². The van der Waals surface area contributed by atoms with Crippen molar-refractivity contribution in [1.82, 2.24) is 15.5 Å². The van der Waals surface area contributed by atoms with Crippen LogP contribution in [0.5, 0.6) is 0 Å². The number of aromatic amines is 1. The van der Waals surface area contributed by atoms with Crippen molar-refractivity contribution in [1.29, 1.82) is 0 Å². The minimum Gasteiger partial charge on any atom is -0.343 e. The van der Waals surface area contributed by atoms with Crippen LogP contribution in [0.2, 0.25) is 4.34 Å². The summed E-state index contributed by atoms with van der Waals surface area (Å²) in [5.74, 6) is -0.344. The maximum atomic E-state index is 11.8. The van der Waals surface area contributed by atoms with Crippen molar-refractivity contribution in [3.05, 3.63) is 49.5 Å². The molecule has 0 radical (unpaired) electrons. The number of amides is 1. The first-order chi connectivity index (χ1) is 8.56. The maximum absolute atomic E-state index is 11.8. The average Bonchev–Trinajstić information content (AvgIpc) is 2.76. The molecule has 0 unspecified atom stereocenters. The van der Waals surface area contributed by atoms with Gasteiger partial charge in [-0.15, -0.1) is 11.3 Å². The molecule has 0 spiro atoms. The zero-order valence-corrected chi connectivity index (χ0v) is 11.0. The van der Waals surface area contributed by atoms with E-state index in [9.17, 15) is 9.59 Å². The van der Waals surface area contributed by atoms with Crippen LogP contribution in [0.15, 0.2) is 29.1 Å². The minimum atomic E-state index is -0.344. The van der Waals surface area contributed by atoms with Gasteiger partial charge in [0.05, 0.1) is 10.4 Å². The highest BCUT2D eigenvalue weighted by Crippen LogP contribution is 2.26. The van der Waals surface area contributed by atoms with Crippen LogP contribution < -0.4 is 10.9 Å². The Hall–Kier alpha value is -1.66. The Morgan fingerprint density at radius 1 is 1.44 bits per heavy atom. The van der Waals surface area contributed by atoms with Gasteiger partial charge in [0.15, 0.2) is 0 Å². The zero-order valence-electron chi connectivity index (χ0n) is 9.44. The predicted molar refractivity (Wildman–Crippen MR) is 70.1 cm³/mol. The molecular formula is C11H10ClN3O2S. The number of nitrogens with zero attached hydrogens (tertiary/aromatic N) is 1. The maximum Gasteiger partial charge on any atom is 0.272 e. The number of H-pyrrole nitrogens is 1. The molecule has 0 aliphatic rings. The number of carbonyl (C=O) groups excluding carboxylic acids is 1. The van der Waals surface area contributed by atoms with Gasteiger partial charge in [-0.2, -0.15) is 5.10 Å². The van der Waals surface area contributed by atoms with Gasteiger partial charge in [-0.1, -0.05) is 11.6 Å². The van der Waals surface area contributed by atoms with Gasteiger partial charge in [0.1, 0.15) is 5.69 Å². The van der Waals surface area contributed by atoms with Crippen molar-refractivity contribution in [3.63, 3.8) is 0 Å². The van der Waals surface area contributed by atoms with E-state index in [1.165, 1.54) is 23.5 Å². The summed E-state index contributed by atoms with van der Waals surface area (Å²) in [7, 11) is 0. The lowest BCUT2D eigenvalue weighted by Crippen LogP contribution is -2.28. The first-order valence-corrected chi connectivity index (χ1v) is 6.37. The molecule has 7 heteroatoms. The van der Waals surface area contributed by atoms with Crippen molar-refractivity contribution in [2.45, 2.75) is 13.0 Å². The van der Waals surface area contributed by atoms with E-state index < -0.39 is 0 Å². The van der Waals surface area contributed by atoms with Crippen LogP contribution in [0.4, 0.5) is 0 Å². The number of hydrogen-bond donors (Lipinski definition) is 2. The topological polar surface area (TPSA) is 74.8 Å². The van der Waals surface area contributed by atoms with Gasteiger partial charge in [-0.3, -0.25) is 9.59 Å². The second-order valence-electron chi connectivity index (χ2n) is 3.64. The molecule has 5 nitrogen and oxygen atoms in total. The fourth-order valence-corrected chi connectivity index (χ4v) is 2.44. The second kappa shape index (κ2) is 5.32. The highest BCUT2D eigenvalue weighted by Gasteiger charge is 2.14. The lowest BCUT2D eigenvalue weighted by Gasteiger charge is -2.11. The number of rotatable bonds is 3. The Bertz CT molecular complexity index is 602. The second-order valence-corrected chi connectivity index (χ2v) is 5.39. The molecule has 1 amide bonds. The monoisotopic (exact) mass is 283 g/mol. The Kier molecular flexibility index (Phi) is 3.78. The van der Waals surface area contributed by atoms with Crippen LogP contribution in [0.1, 0.15) is 28.3 Å². The first-order valence-electron chi connectivity index (χ1n) is 5.18. The van der Waals surface area contributed by atoms with Crippen LogP contribution in [-0.4, -0.2) is 16.1 Å². The Morgan fingerprint density at radius 3 is 2.78 bits per heavy atom. The third kappa shape index (κ3) is 2.96. The summed E-state index contributed by atoms with van der Waals surface area (Å²) in [6, 6.07) is 6.11. The molecule has 2 heterocycles. The molecule has 0 bridgehead atoms. The van der Waals surface area contributed by atoms with Crippen LogP contribution in [0.25, 0.3) is 0 Å². The lowest BCUT2D eigenvalue weighted by atomic mass is 10.2. The molecule has 0 aromatic carbocycles. The van der Waals surface area contributed by atoms with E-state index >= 15 is 0 Å². The summed E-state index contributed by atoms with van der Waals surface area (Å²) < 4.78 is 0.674. The molecule has 0 aliphatic heterocycles. The molecule has 1 atom stereocenters. The molecule has 2 aromatic heterocycles. The molecule has 94 valence electrons. The van der Waals surface area contributed by atoms with E-state index in [0.29, 0.717) is 4.34 Å². The molecule has 2 aromatic rings. The number of nitrogens with one attached hydrogen (secondary N) is 2. The van der Waals surface area contributed by atoms with E-state index in [2.05, 4.69) is 15.5 Å². The summed E-state index contributed by atoms with van der Waals surface area (Å²) in [5.41, 5.74) is -0.172. The summed E-state index contributed by atoms with van der Waals surface area (Å²) >= 11 is 7.24. The SMILES string of the molecule is C[C@@H](NC(=O)c1ccc(=O)[nH]n1)c1ccc(Cl)s1. The van der Waals surface area contributed by atoms with Crippen molar-refractivity contribution < 1.29 is 4.79 Å². The van der Waals surface area contributed by atoms with E-state index in [0.717, 1.165) is 4.88 Å². The quantitative estimate of drug-likeness (QED) is 0.904. The molecular weight excluding hydrogens is 274 g/mol. The van der Waals surface area contributed by atoms with Crippen LogP contribution in [0, 0.1) is 0 Å². The first kappa shape index (κ1) is 12.8. The number of carbonyl (C=O) groups is 1. The zero-order chi connectivity index (χ0) is 13.1. The van der Waals surface area contributed by atoms with E-state index in [1.54, 1.807) is 6.07 Å². The smallest absolute Gasteiger partial charge is 0.272 e.